The first-order valence-electron chi connectivity index (χ1n) is 8.74. The molecular formula is C20H22Cl2O5. The third kappa shape index (κ3) is 5.50. The summed E-state index contributed by atoms with van der Waals surface area (Å²) in [4.78, 5) is 24.2. The highest BCUT2D eigenvalue weighted by Crippen LogP contribution is 2.35. The van der Waals surface area contributed by atoms with E-state index in [-0.39, 0.29) is 24.9 Å². The van der Waals surface area contributed by atoms with Gasteiger partial charge in [0.25, 0.3) is 0 Å². The van der Waals surface area contributed by atoms with E-state index in [9.17, 15) is 9.59 Å². The fourth-order valence-corrected chi connectivity index (χ4v) is 3.24. The van der Waals surface area contributed by atoms with E-state index in [1.807, 2.05) is 6.92 Å². The second-order valence-corrected chi connectivity index (χ2v) is 6.80. The molecule has 1 heterocycles. The zero-order chi connectivity index (χ0) is 20.0. The van der Waals surface area contributed by atoms with E-state index < -0.39 is 12.1 Å². The maximum absolute atomic E-state index is 12.4. The summed E-state index contributed by atoms with van der Waals surface area (Å²) in [6.07, 6.45) is 2.94. The molecule has 1 aliphatic rings. The molecule has 7 heteroatoms. The van der Waals surface area contributed by atoms with E-state index in [1.165, 1.54) is 0 Å². The smallest absolute Gasteiger partial charge is 0.338 e. The van der Waals surface area contributed by atoms with Crippen LogP contribution in [0.3, 0.4) is 0 Å². The first-order chi connectivity index (χ1) is 12.9. The Kier molecular flexibility index (Phi) is 7.75. The highest BCUT2D eigenvalue weighted by Gasteiger charge is 2.38. The Morgan fingerprint density at radius 3 is 2.48 bits per heavy atom. The lowest BCUT2D eigenvalue weighted by Crippen LogP contribution is -2.24. The van der Waals surface area contributed by atoms with Crippen LogP contribution in [-0.2, 0) is 23.8 Å². The van der Waals surface area contributed by atoms with Crippen LogP contribution in [0.1, 0.15) is 32.8 Å². The fraction of sp³-hybridized carbons (Fsp3) is 0.400. The number of hydrogen-bond donors (Lipinski definition) is 0. The van der Waals surface area contributed by atoms with Crippen molar-refractivity contribution in [1.29, 1.82) is 0 Å². The second kappa shape index (κ2) is 9.81. The van der Waals surface area contributed by atoms with Crippen molar-refractivity contribution < 1.29 is 23.8 Å². The summed E-state index contributed by atoms with van der Waals surface area (Å²) in [6.45, 7) is 5.84. The van der Waals surface area contributed by atoms with Gasteiger partial charge in [-0.05, 0) is 43.7 Å². The summed E-state index contributed by atoms with van der Waals surface area (Å²) in [5.41, 5.74) is 1.12. The molecule has 0 aliphatic carbocycles. The molecule has 1 aromatic carbocycles. The van der Waals surface area contributed by atoms with Gasteiger partial charge in [0, 0.05) is 16.0 Å². The first-order valence-corrected chi connectivity index (χ1v) is 9.49. The van der Waals surface area contributed by atoms with Gasteiger partial charge in [-0.2, -0.15) is 0 Å². The molecular weight excluding hydrogens is 391 g/mol. The molecule has 27 heavy (non-hydrogen) atoms. The Balaban J connectivity index is 2.28. The van der Waals surface area contributed by atoms with Crippen molar-refractivity contribution in [3.05, 3.63) is 51.2 Å². The molecule has 1 aromatic rings. The summed E-state index contributed by atoms with van der Waals surface area (Å²) in [7, 11) is 0. The van der Waals surface area contributed by atoms with Crippen molar-refractivity contribution in [2.45, 2.75) is 33.3 Å². The molecule has 146 valence electrons. The van der Waals surface area contributed by atoms with E-state index in [2.05, 4.69) is 0 Å². The number of halogens is 2. The lowest BCUT2D eigenvalue weighted by atomic mass is 9.94. The number of esters is 2. The van der Waals surface area contributed by atoms with Crippen molar-refractivity contribution in [1.82, 2.24) is 0 Å². The van der Waals surface area contributed by atoms with Crippen LogP contribution in [0.2, 0.25) is 10.0 Å². The molecule has 2 atom stereocenters. The van der Waals surface area contributed by atoms with Crippen LogP contribution in [0.4, 0.5) is 0 Å². The summed E-state index contributed by atoms with van der Waals surface area (Å²) >= 11 is 12.1. The van der Waals surface area contributed by atoms with E-state index in [0.717, 1.165) is 5.56 Å². The van der Waals surface area contributed by atoms with Crippen LogP contribution in [0.5, 0.6) is 0 Å². The average Bonchev–Trinajstić information content (AvgIpc) is 2.90. The summed E-state index contributed by atoms with van der Waals surface area (Å²) < 4.78 is 16.0. The third-order valence-electron chi connectivity index (χ3n) is 4.10. The Bertz CT molecular complexity index is 770. The minimum Gasteiger partial charge on any atom is -0.489 e. The van der Waals surface area contributed by atoms with Gasteiger partial charge in [0.15, 0.2) is 0 Å². The minimum absolute atomic E-state index is 0.0525. The Morgan fingerprint density at radius 2 is 1.85 bits per heavy atom. The molecule has 0 N–H and O–H groups in total. The summed E-state index contributed by atoms with van der Waals surface area (Å²) in [6, 6.07) is 5.11. The maximum Gasteiger partial charge on any atom is 0.338 e. The summed E-state index contributed by atoms with van der Waals surface area (Å²) in [5, 5.41) is 1.01. The van der Waals surface area contributed by atoms with Crippen LogP contribution in [0.25, 0.3) is 6.08 Å². The van der Waals surface area contributed by atoms with E-state index in [0.29, 0.717) is 28.0 Å². The van der Waals surface area contributed by atoms with Crippen molar-refractivity contribution in [3.8, 4) is 0 Å². The quantitative estimate of drug-likeness (QED) is 0.601. The summed E-state index contributed by atoms with van der Waals surface area (Å²) in [5.74, 6) is -0.781. The van der Waals surface area contributed by atoms with Gasteiger partial charge in [-0.15, -0.1) is 0 Å². The molecule has 0 fully saturated rings. The number of rotatable bonds is 7. The van der Waals surface area contributed by atoms with Gasteiger partial charge in [0.1, 0.15) is 11.9 Å². The van der Waals surface area contributed by atoms with Crippen molar-refractivity contribution in [2.75, 3.05) is 13.2 Å². The molecule has 2 rings (SSSR count). The standard InChI is InChI=1S/C20H22Cl2O5/c1-4-25-18(23)11-17-12(3)19(20(24)26-5-2)16(27-17)9-7-13-6-8-14(21)10-15(13)22/h6-10,12,17H,4-5,11H2,1-3H3/b9-7+. The second-order valence-electron chi connectivity index (χ2n) is 5.95. The van der Waals surface area contributed by atoms with Gasteiger partial charge >= 0.3 is 11.9 Å². The zero-order valence-electron chi connectivity index (χ0n) is 15.5. The number of carbonyl (C=O) groups excluding carboxylic acids is 2. The normalized spacial score (nSPS) is 19.3. The molecule has 5 nitrogen and oxygen atoms in total. The largest absolute Gasteiger partial charge is 0.489 e. The predicted molar refractivity (Wildman–Crippen MR) is 104 cm³/mol. The molecule has 0 bridgehead atoms. The van der Waals surface area contributed by atoms with Crippen molar-refractivity contribution in [2.24, 2.45) is 5.92 Å². The SMILES string of the molecule is CCOC(=O)CC1OC(/C=C/c2ccc(Cl)cc2Cl)=C(C(=O)OCC)C1C. The molecule has 0 radical (unpaired) electrons. The van der Waals surface area contributed by atoms with Gasteiger partial charge < -0.3 is 14.2 Å². The van der Waals surface area contributed by atoms with Gasteiger partial charge in [-0.3, -0.25) is 4.79 Å². The molecule has 1 aliphatic heterocycles. The molecule has 0 aromatic heterocycles. The van der Waals surface area contributed by atoms with Crippen LogP contribution in [0, 0.1) is 5.92 Å². The topological polar surface area (TPSA) is 61.8 Å². The molecule has 0 spiro atoms. The first kappa shape index (κ1) is 21.3. The maximum atomic E-state index is 12.4. The Hall–Kier alpha value is -1.98. The molecule has 0 saturated heterocycles. The zero-order valence-corrected chi connectivity index (χ0v) is 17.0. The lowest BCUT2D eigenvalue weighted by Gasteiger charge is -2.16. The highest BCUT2D eigenvalue weighted by atomic mass is 35.5. The van der Waals surface area contributed by atoms with Crippen LogP contribution < -0.4 is 0 Å². The Labute approximate surface area is 168 Å². The van der Waals surface area contributed by atoms with Crippen LogP contribution in [-0.4, -0.2) is 31.3 Å². The lowest BCUT2D eigenvalue weighted by molar-refractivity contribution is -0.146. The monoisotopic (exact) mass is 412 g/mol. The number of ether oxygens (including phenoxy) is 3. The average molecular weight is 413 g/mol. The number of carbonyl (C=O) groups is 2. The van der Waals surface area contributed by atoms with Crippen LogP contribution >= 0.6 is 23.2 Å². The van der Waals surface area contributed by atoms with Gasteiger partial charge in [0.05, 0.1) is 25.2 Å². The van der Waals surface area contributed by atoms with Gasteiger partial charge in [0.2, 0.25) is 0 Å². The molecule has 2 unspecified atom stereocenters. The number of allylic oxidation sites excluding steroid dienone is 1. The third-order valence-corrected chi connectivity index (χ3v) is 4.66. The molecule has 0 amide bonds. The number of hydrogen-bond acceptors (Lipinski definition) is 5. The Morgan fingerprint density at radius 1 is 1.15 bits per heavy atom. The van der Waals surface area contributed by atoms with Gasteiger partial charge in [-0.1, -0.05) is 36.2 Å². The predicted octanol–water partition coefficient (Wildman–Crippen LogP) is 4.81. The number of benzene rings is 1. The minimum atomic E-state index is -0.496. The van der Waals surface area contributed by atoms with Crippen LogP contribution in [0.15, 0.2) is 35.6 Å². The molecule has 0 saturated carbocycles. The fourth-order valence-electron chi connectivity index (χ4n) is 2.77. The van der Waals surface area contributed by atoms with Crippen molar-refractivity contribution in [3.63, 3.8) is 0 Å². The highest BCUT2D eigenvalue weighted by molar-refractivity contribution is 6.35. The van der Waals surface area contributed by atoms with Gasteiger partial charge in [-0.25, -0.2) is 4.79 Å². The van der Waals surface area contributed by atoms with Crippen molar-refractivity contribution >= 4 is 41.2 Å². The van der Waals surface area contributed by atoms with E-state index in [1.54, 1.807) is 44.2 Å². The van der Waals surface area contributed by atoms with E-state index in [4.69, 9.17) is 37.4 Å². The van der Waals surface area contributed by atoms with E-state index >= 15 is 0 Å².